The Hall–Kier alpha value is -1.46. The fraction of sp³-hybridized carbons (Fsp3) is 0.700. The molecule has 0 aromatic heterocycles. The number of hydrogen-bond donors (Lipinski definition) is 3. The molecular formula is C20H26O5. The molecule has 0 aliphatic heterocycles. The van der Waals surface area contributed by atoms with Gasteiger partial charge in [-0.25, -0.2) is 4.79 Å². The van der Waals surface area contributed by atoms with Crippen LogP contribution in [-0.2, 0) is 9.59 Å². The van der Waals surface area contributed by atoms with E-state index in [9.17, 15) is 24.9 Å². The molecule has 5 nitrogen and oxygen atoms in total. The number of rotatable bonds is 1. The van der Waals surface area contributed by atoms with Gasteiger partial charge in [0.05, 0.1) is 6.10 Å². The van der Waals surface area contributed by atoms with Crippen molar-refractivity contribution in [3.63, 3.8) is 0 Å². The lowest BCUT2D eigenvalue weighted by atomic mass is 9.46. The number of aliphatic hydroxyl groups excluding tert-OH is 1. The van der Waals surface area contributed by atoms with E-state index in [1.165, 1.54) is 0 Å². The van der Waals surface area contributed by atoms with Gasteiger partial charge in [-0.3, -0.25) is 4.79 Å². The predicted molar refractivity (Wildman–Crippen MR) is 90.6 cm³/mol. The van der Waals surface area contributed by atoms with Gasteiger partial charge in [0, 0.05) is 16.7 Å². The van der Waals surface area contributed by atoms with Crippen LogP contribution in [0, 0.1) is 28.6 Å². The van der Waals surface area contributed by atoms with Gasteiger partial charge in [0.15, 0.2) is 11.4 Å². The predicted octanol–water partition coefficient (Wildman–Crippen LogP) is 2.08. The molecule has 0 saturated heterocycles. The van der Waals surface area contributed by atoms with E-state index in [2.05, 4.69) is 6.92 Å². The third kappa shape index (κ3) is 1.97. The number of carbonyl (C=O) groups excluding carboxylic acids is 1. The Morgan fingerprint density at radius 3 is 2.68 bits per heavy atom. The fourth-order valence-electron chi connectivity index (χ4n) is 6.68. The molecule has 1 unspecified atom stereocenters. The van der Waals surface area contributed by atoms with Crippen molar-refractivity contribution in [2.45, 2.75) is 57.7 Å². The molecule has 4 rings (SSSR count). The Morgan fingerprint density at radius 2 is 2.00 bits per heavy atom. The first-order valence-electron chi connectivity index (χ1n) is 9.21. The third-order valence-electron chi connectivity index (χ3n) is 8.00. The summed E-state index contributed by atoms with van der Waals surface area (Å²) in [6.45, 7) is 3.93. The molecule has 3 N–H and O–H groups in total. The molecule has 4 aliphatic rings. The number of fused-ring (bicyclic) bond motifs is 5. The number of carbonyl (C=O) groups is 2. The molecule has 0 aromatic rings. The van der Waals surface area contributed by atoms with E-state index in [-0.39, 0.29) is 41.8 Å². The summed E-state index contributed by atoms with van der Waals surface area (Å²) >= 11 is 0. The van der Waals surface area contributed by atoms with Gasteiger partial charge < -0.3 is 15.3 Å². The van der Waals surface area contributed by atoms with Crippen LogP contribution in [0.3, 0.4) is 0 Å². The molecule has 25 heavy (non-hydrogen) atoms. The molecule has 3 fully saturated rings. The van der Waals surface area contributed by atoms with Crippen LogP contribution in [0.4, 0.5) is 0 Å². The van der Waals surface area contributed by atoms with Gasteiger partial charge in [-0.1, -0.05) is 25.5 Å². The van der Waals surface area contributed by atoms with Crippen LogP contribution in [0.1, 0.15) is 46.0 Å². The van der Waals surface area contributed by atoms with E-state index in [0.29, 0.717) is 6.42 Å². The van der Waals surface area contributed by atoms with Gasteiger partial charge in [-0.2, -0.15) is 0 Å². The summed E-state index contributed by atoms with van der Waals surface area (Å²) in [4.78, 5) is 23.6. The van der Waals surface area contributed by atoms with Crippen molar-refractivity contribution < 1.29 is 24.9 Å². The molecule has 4 aliphatic carbocycles. The number of hydrogen-bond acceptors (Lipinski definition) is 4. The smallest absolute Gasteiger partial charge is 0.336 e. The largest absolute Gasteiger partial charge is 0.479 e. The second-order valence-corrected chi connectivity index (χ2v) is 8.92. The Morgan fingerprint density at radius 1 is 1.28 bits per heavy atom. The lowest BCUT2D eigenvalue weighted by Gasteiger charge is -2.59. The van der Waals surface area contributed by atoms with Crippen molar-refractivity contribution >= 4 is 11.8 Å². The standard InChI is InChI=1S/C20H26O5/c1-18-7-5-12(21)9-11(18)3-4-13-14-6-8-20(25,17(23)24)19(14,2)10-15(22)16(13)18/h5,7,9,13-16,22,25H,3-4,6,8,10H2,1-2H3,(H,23,24)/t13-,14-,15?,16+,18-,19-,20-/m0/s1. The van der Waals surface area contributed by atoms with Gasteiger partial charge in [0.2, 0.25) is 0 Å². The minimum absolute atomic E-state index is 0.00202. The lowest BCUT2D eigenvalue weighted by Crippen LogP contribution is -2.61. The maximum atomic E-state index is 11.8. The number of carboxylic acids is 1. The van der Waals surface area contributed by atoms with E-state index in [0.717, 1.165) is 18.4 Å². The first-order chi connectivity index (χ1) is 11.6. The summed E-state index contributed by atoms with van der Waals surface area (Å²) in [5.74, 6) is -0.976. The van der Waals surface area contributed by atoms with Gasteiger partial charge in [-0.05, 0) is 56.1 Å². The summed E-state index contributed by atoms with van der Waals surface area (Å²) in [6, 6.07) is 0. The SMILES string of the molecule is C[C@]12C=CC(=O)C=C1CC[C@@H]1[C@@H]2C(O)C[C@@]2(C)[C@H]1CC[C@]2(O)C(=O)O. The van der Waals surface area contributed by atoms with Crippen molar-refractivity contribution in [2.75, 3.05) is 0 Å². The zero-order valence-electron chi connectivity index (χ0n) is 14.7. The zero-order chi connectivity index (χ0) is 18.2. The van der Waals surface area contributed by atoms with Crippen LogP contribution in [0.25, 0.3) is 0 Å². The van der Waals surface area contributed by atoms with Gasteiger partial charge in [-0.15, -0.1) is 0 Å². The highest BCUT2D eigenvalue weighted by Crippen LogP contribution is 2.66. The number of ketones is 1. The van der Waals surface area contributed by atoms with Crippen molar-refractivity contribution in [3.8, 4) is 0 Å². The summed E-state index contributed by atoms with van der Waals surface area (Å²) in [5, 5.41) is 31.6. The van der Waals surface area contributed by atoms with Crippen LogP contribution in [0.2, 0.25) is 0 Å². The highest BCUT2D eigenvalue weighted by atomic mass is 16.4. The topological polar surface area (TPSA) is 94.8 Å². The van der Waals surface area contributed by atoms with E-state index in [1.54, 1.807) is 12.2 Å². The Labute approximate surface area is 147 Å². The molecule has 136 valence electrons. The first-order valence-corrected chi connectivity index (χ1v) is 9.21. The van der Waals surface area contributed by atoms with E-state index >= 15 is 0 Å². The Balaban J connectivity index is 1.76. The molecule has 0 aromatic carbocycles. The van der Waals surface area contributed by atoms with Crippen LogP contribution in [-0.4, -0.2) is 38.8 Å². The highest BCUT2D eigenvalue weighted by Gasteiger charge is 2.68. The van der Waals surface area contributed by atoms with E-state index in [4.69, 9.17) is 0 Å². The zero-order valence-corrected chi connectivity index (χ0v) is 14.7. The monoisotopic (exact) mass is 346 g/mol. The first kappa shape index (κ1) is 17.0. The molecule has 0 bridgehead atoms. The Kier molecular flexibility index (Phi) is 3.42. The third-order valence-corrected chi connectivity index (χ3v) is 8.00. The van der Waals surface area contributed by atoms with Crippen LogP contribution >= 0.6 is 0 Å². The normalized spacial score (nSPS) is 51.4. The molecular weight excluding hydrogens is 320 g/mol. The molecule has 7 atom stereocenters. The molecule has 3 saturated carbocycles. The average Bonchev–Trinajstić information content (AvgIpc) is 2.80. The molecule has 0 radical (unpaired) electrons. The molecule has 5 heteroatoms. The number of aliphatic carboxylic acids is 1. The molecule has 0 amide bonds. The summed E-state index contributed by atoms with van der Waals surface area (Å²) in [6.07, 6.45) is 7.37. The van der Waals surface area contributed by atoms with Crippen molar-refractivity contribution in [1.82, 2.24) is 0 Å². The van der Waals surface area contributed by atoms with E-state index < -0.39 is 23.1 Å². The van der Waals surface area contributed by atoms with Crippen LogP contribution < -0.4 is 0 Å². The minimum Gasteiger partial charge on any atom is -0.479 e. The summed E-state index contributed by atoms with van der Waals surface area (Å²) < 4.78 is 0. The average molecular weight is 346 g/mol. The fourth-order valence-corrected chi connectivity index (χ4v) is 6.68. The van der Waals surface area contributed by atoms with Gasteiger partial charge in [0.1, 0.15) is 0 Å². The van der Waals surface area contributed by atoms with Gasteiger partial charge in [0.25, 0.3) is 0 Å². The number of aliphatic hydroxyl groups is 2. The second-order valence-electron chi connectivity index (χ2n) is 8.92. The Bertz CT molecular complexity index is 709. The minimum atomic E-state index is -1.76. The second kappa shape index (κ2) is 5.04. The van der Waals surface area contributed by atoms with Gasteiger partial charge >= 0.3 is 5.97 Å². The highest BCUT2D eigenvalue weighted by molar-refractivity contribution is 6.01. The van der Waals surface area contributed by atoms with Crippen LogP contribution in [0.15, 0.2) is 23.8 Å². The molecule has 0 spiro atoms. The maximum absolute atomic E-state index is 11.8. The van der Waals surface area contributed by atoms with Crippen molar-refractivity contribution in [3.05, 3.63) is 23.8 Å². The molecule has 0 heterocycles. The lowest BCUT2D eigenvalue weighted by molar-refractivity contribution is -0.192. The van der Waals surface area contributed by atoms with Crippen LogP contribution in [0.5, 0.6) is 0 Å². The quantitative estimate of drug-likeness (QED) is 0.676. The maximum Gasteiger partial charge on any atom is 0.336 e. The van der Waals surface area contributed by atoms with Crippen molar-refractivity contribution in [1.29, 1.82) is 0 Å². The number of carboxylic acid groups (broad SMARTS) is 1. The van der Waals surface area contributed by atoms with E-state index in [1.807, 2.05) is 13.0 Å². The summed E-state index contributed by atoms with van der Waals surface area (Å²) in [5.41, 5.74) is -1.86. The van der Waals surface area contributed by atoms with Crippen molar-refractivity contribution in [2.24, 2.45) is 28.6 Å². The number of allylic oxidation sites excluding steroid dienone is 4. The summed E-state index contributed by atoms with van der Waals surface area (Å²) in [7, 11) is 0.